The molecule has 0 bridgehead atoms. The highest BCUT2D eigenvalue weighted by atomic mass is 32.1. The fourth-order valence-corrected chi connectivity index (χ4v) is 2.73. The molecule has 0 unspecified atom stereocenters. The molecule has 0 radical (unpaired) electrons. The van der Waals surface area contributed by atoms with Gasteiger partial charge in [0.15, 0.2) is 0 Å². The highest BCUT2D eigenvalue weighted by Crippen LogP contribution is 2.34. The minimum absolute atomic E-state index is 0.0594. The van der Waals surface area contributed by atoms with Crippen molar-refractivity contribution in [2.75, 3.05) is 0 Å². The molecule has 25 heavy (non-hydrogen) atoms. The summed E-state index contributed by atoms with van der Waals surface area (Å²) in [7, 11) is 0. The van der Waals surface area contributed by atoms with Crippen LogP contribution in [-0.4, -0.2) is 31.4 Å². The lowest BCUT2D eigenvalue weighted by Gasteiger charge is -2.01. The Morgan fingerprint density at radius 1 is 1.12 bits per heavy atom. The summed E-state index contributed by atoms with van der Waals surface area (Å²) in [6, 6.07) is 7.79. The van der Waals surface area contributed by atoms with Gasteiger partial charge in [-0.05, 0) is 18.2 Å². The van der Waals surface area contributed by atoms with Crippen LogP contribution in [0.4, 0.5) is 10.8 Å². The average molecular weight is 357 g/mol. The highest BCUT2D eigenvalue weighted by molar-refractivity contribution is 7.13. The van der Waals surface area contributed by atoms with Crippen LogP contribution in [0.3, 0.4) is 0 Å². The fraction of sp³-hybridized carbons (Fsp3) is 0. The zero-order valence-electron chi connectivity index (χ0n) is 12.5. The Kier molecular flexibility index (Phi) is 4.31. The average Bonchev–Trinajstić information content (AvgIpc) is 3.02. The van der Waals surface area contributed by atoms with Crippen LogP contribution in [0.5, 0.6) is 17.2 Å². The Bertz CT molecular complexity index is 984. The van der Waals surface area contributed by atoms with Gasteiger partial charge in [-0.1, -0.05) is 0 Å². The quantitative estimate of drug-likeness (QED) is 0.372. The second kappa shape index (κ2) is 6.57. The predicted octanol–water partition coefficient (Wildman–Crippen LogP) is 3.59. The Labute approximate surface area is 145 Å². The first-order chi connectivity index (χ1) is 11.9. The molecular formula is C16H11N3O5S. The van der Waals surface area contributed by atoms with Crippen molar-refractivity contribution in [2.24, 2.45) is 4.99 Å². The first-order valence-electron chi connectivity index (χ1n) is 6.93. The Balaban J connectivity index is 1.87. The lowest BCUT2D eigenvalue weighted by Crippen LogP contribution is -1.90. The molecule has 0 amide bonds. The van der Waals surface area contributed by atoms with E-state index in [1.54, 1.807) is 5.38 Å². The Hall–Kier alpha value is -3.46. The van der Waals surface area contributed by atoms with E-state index in [9.17, 15) is 25.4 Å². The van der Waals surface area contributed by atoms with Gasteiger partial charge < -0.3 is 15.3 Å². The van der Waals surface area contributed by atoms with Crippen molar-refractivity contribution < 1.29 is 20.2 Å². The molecule has 2 aromatic carbocycles. The number of nitro groups is 1. The molecule has 9 heteroatoms. The summed E-state index contributed by atoms with van der Waals surface area (Å²) in [5, 5.41) is 41.7. The number of phenols is 3. The van der Waals surface area contributed by atoms with Crippen LogP contribution in [-0.2, 0) is 0 Å². The summed E-state index contributed by atoms with van der Waals surface area (Å²) < 4.78 is 0. The van der Waals surface area contributed by atoms with E-state index in [1.165, 1.54) is 53.9 Å². The first kappa shape index (κ1) is 16.4. The molecule has 1 heterocycles. The summed E-state index contributed by atoms with van der Waals surface area (Å²) in [6.07, 6.45) is 1.28. The number of aromatic nitrogens is 1. The smallest absolute Gasteiger partial charge is 0.270 e. The molecule has 0 aliphatic rings. The molecule has 3 N–H and O–H groups in total. The number of rotatable bonds is 4. The van der Waals surface area contributed by atoms with Gasteiger partial charge in [-0.15, -0.1) is 11.3 Å². The zero-order valence-corrected chi connectivity index (χ0v) is 13.3. The van der Waals surface area contributed by atoms with Crippen LogP contribution in [0.25, 0.3) is 11.3 Å². The fourth-order valence-electron chi connectivity index (χ4n) is 2.07. The Morgan fingerprint density at radius 2 is 1.92 bits per heavy atom. The second-order valence-corrected chi connectivity index (χ2v) is 5.81. The predicted molar refractivity (Wildman–Crippen MR) is 92.9 cm³/mol. The van der Waals surface area contributed by atoms with Gasteiger partial charge in [0.1, 0.15) is 17.2 Å². The lowest BCUT2D eigenvalue weighted by atomic mass is 10.1. The van der Waals surface area contributed by atoms with Gasteiger partial charge in [-0.2, -0.15) is 0 Å². The van der Waals surface area contributed by atoms with Gasteiger partial charge in [-0.25, -0.2) is 9.98 Å². The molecule has 126 valence electrons. The topological polar surface area (TPSA) is 129 Å². The van der Waals surface area contributed by atoms with E-state index in [2.05, 4.69) is 9.98 Å². The first-order valence-corrected chi connectivity index (χ1v) is 7.81. The van der Waals surface area contributed by atoms with Gasteiger partial charge in [0.2, 0.25) is 5.13 Å². The SMILES string of the molecule is O=[N+]([O-])c1ccc(O)c(C=Nc2nc(-c3ccc(O)cc3O)cs2)c1. The number of hydrogen-bond acceptors (Lipinski definition) is 8. The standard InChI is InChI=1S/C16H11N3O5S/c20-11-2-3-12(15(22)6-11)13-8-25-16(18-13)17-7-9-5-10(19(23)24)1-4-14(9)21/h1-8,20-22H. The number of non-ortho nitro benzene ring substituents is 1. The highest BCUT2D eigenvalue weighted by Gasteiger charge is 2.11. The van der Waals surface area contributed by atoms with Crippen LogP contribution in [0.15, 0.2) is 46.8 Å². The maximum atomic E-state index is 10.8. The molecule has 0 fully saturated rings. The van der Waals surface area contributed by atoms with Crippen LogP contribution >= 0.6 is 11.3 Å². The maximum Gasteiger partial charge on any atom is 0.270 e. The number of aromatic hydroxyl groups is 3. The number of benzene rings is 2. The van der Waals surface area contributed by atoms with E-state index in [4.69, 9.17) is 0 Å². The number of nitrogens with zero attached hydrogens (tertiary/aromatic N) is 3. The number of aliphatic imine (C=N–C) groups is 1. The van der Waals surface area contributed by atoms with Gasteiger partial charge in [0.25, 0.3) is 5.69 Å². The third-order valence-electron chi connectivity index (χ3n) is 3.29. The van der Waals surface area contributed by atoms with Crippen LogP contribution < -0.4 is 0 Å². The summed E-state index contributed by atoms with van der Waals surface area (Å²) in [5.41, 5.74) is 0.943. The number of thiazole rings is 1. The second-order valence-electron chi connectivity index (χ2n) is 4.98. The molecule has 8 nitrogen and oxygen atoms in total. The summed E-state index contributed by atoms with van der Waals surface area (Å²) in [6.45, 7) is 0. The molecule has 1 aromatic heterocycles. The molecule has 3 aromatic rings. The van der Waals surface area contributed by atoms with Gasteiger partial charge >= 0.3 is 0 Å². The van der Waals surface area contributed by atoms with E-state index >= 15 is 0 Å². The minimum Gasteiger partial charge on any atom is -0.508 e. The van der Waals surface area contributed by atoms with Crippen LogP contribution in [0.2, 0.25) is 0 Å². The number of phenolic OH excluding ortho intramolecular Hbond substituents is 3. The van der Waals surface area contributed by atoms with Crippen molar-refractivity contribution in [1.29, 1.82) is 0 Å². The van der Waals surface area contributed by atoms with E-state index in [0.29, 0.717) is 16.4 Å². The van der Waals surface area contributed by atoms with Gasteiger partial charge in [0, 0.05) is 40.9 Å². The normalized spacial score (nSPS) is 11.0. The van der Waals surface area contributed by atoms with Crippen LogP contribution in [0, 0.1) is 10.1 Å². The molecule has 0 saturated heterocycles. The lowest BCUT2D eigenvalue weighted by molar-refractivity contribution is -0.384. The molecule has 3 rings (SSSR count). The van der Waals surface area contributed by atoms with Crippen molar-refractivity contribution in [1.82, 2.24) is 4.98 Å². The molecule has 0 saturated carbocycles. The van der Waals surface area contributed by atoms with Crippen LogP contribution in [0.1, 0.15) is 5.56 Å². The third kappa shape index (κ3) is 3.56. The van der Waals surface area contributed by atoms with E-state index < -0.39 is 4.92 Å². The summed E-state index contributed by atoms with van der Waals surface area (Å²) >= 11 is 1.19. The Morgan fingerprint density at radius 3 is 2.64 bits per heavy atom. The minimum atomic E-state index is -0.564. The monoisotopic (exact) mass is 357 g/mol. The number of hydrogen-bond donors (Lipinski definition) is 3. The molecule has 0 atom stereocenters. The van der Waals surface area contributed by atoms with E-state index in [1.807, 2.05) is 0 Å². The molecule has 0 aliphatic carbocycles. The molecular weight excluding hydrogens is 346 g/mol. The number of nitro benzene ring substituents is 1. The van der Waals surface area contributed by atoms with E-state index in [0.717, 1.165) is 0 Å². The van der Waals surface area contributed by atoms with Crippen molar-refractivity contribution in [2.45, 2.75) is 0 Å². The van der Waals surface area contributed by atoms with Crippen molar-refractivity contribution in [3.63, 3.8) is 0 Å². The van der Waals surface area contributed by atoms with Crippen molar-refractivity contribution >= 4 is 28.4 Å². The van der Waals surface area contributed by atoms with Crippen molar-refractivity contribution in [3.8, 4) is 28.5 Å². The van der Waals surface area contributed by atoms with Crippen molar-refractivity contribution in [3.05, 3.63) is 57.5 Å². The maximum absolute atomic E-state index is 10.8. The zero-order chi connectivity index (χ0) is 18.0. The largest absolute Gasteiger partial charge is 0.508 e. The summed E-state index contributed by atoms with van der Waals surface area (Å²) in [5.74, 6) is -0.310. The van der Waals surface area contributed by atoms with Gasteiger partial charge in [-0.3, -0.25) is 10.1 Å². The summed E-state index contributed by atoms with van der Waals surface area (Å²) in [4.78, 5) is 18.6. The molecule has 0 spiro atoms. The van der Waals surface area contributed by atoms with Gasteiger partial charge in [0.05, 0.1) is 10.6 Å². The third-order valence-corrected chi connectivity index (χ3v) is 4.03. The van der Waals surface area contributed by atoms with E-state index in [-0.39, 0.29) is 28.5 Å². The molecule has 0 aliphatic heterocycles.